The van der Waals surface area contributed by atoms with Crippen LogP contribution in [0.2, 0.25) is 0 Å². The summed E-state index contributed by atoms with van der Waals surface area (Å²) >= 11 is 0. The molecule has 0 fully saturated rings. The van der Waals surface area contributed by atoms with E-state index in [4.69, 9.17) is 14.6 Å². The molecule has 106 valence electrons. The van der Waals surface area contributed by atoms with Crippen LogP contribution < -0.4 is 10.1 Å². The summed E-state index contributed by atoms with van der Waals surface area (Å²) in [6.07, 6.45) is -0.616. The van der Waals surface area contributed by atoms with Gasteiger partial charge < -0.3 is 19.5 Å². The number of carbonyl (C=O) groups excluding carboxylic acids is 1. The van der Waals surface area contributed by atoms with Gasteiger partial charge in [0.1, 0.15) is 12.4 Å². The van der Waals surface area contributed by atoms with Gasteiger partial charge in [0.15, 0.2) is 0 Å². The van der Waals surface area contributed by atoms with Crippen LogP contribution in [0, 0.1) is 0 Å². The second-order valence-corrected chi connectivity index (χ2v) is 4.26. The van der Waals surface area contributed by atoms with E-state index >= 15 is 0 Å². The van der Waals surface area contributed by atoms with Crippen LogP contribution in [0.1, 0.15) is 5.56 Å². The van der Waals surface area contributed by atoms with Gasteiger partial charge in [-0.2, -0.15) is 0 Å². The van der Waals surface area contributed by atoms with Crippen LogP contribution in [0.25, 0.3) is 0 Å². The van der Waals surface area contributed by atoms with Crippen LogP contribution in [0.4, 0.5) is 10.5 Å². The average molecular weight is 268 g/mol. The minimum Gasteiger partial charge on any atom is -0.495 e. The van der Waals surface area contributed by atoms with Gasteiger partial charge in [-0.05, 0) is 31.8 Å². The monoisotopic (exact) mass is 268 g/mol. The molecule has 0 unspecified atom stereocenters. The first-order valence-corrected chi connectivity index (χ1v) is 5.93. The fourth-order valence-corrected chi connectivity index (χ4v) is 1.60. The highest BCUT2D eigenvalue weighted by molar-refractivity contribution is 5.86. The number of anilines is 1. The zero-order valence-corrected chi connectivity index (χ0v) is 11.5. The van der Waals surface area contributed by atoms with E-state index in [1.165, 1.54) is 7.11 Å². The Morgan fingerprint density at radius 3 is 2.74 bits per heavy atom. The molecule has 19 heavy (non-hydrogen) atoms. The maximum absolute atomic E-state index is 11.5. The van der Waals surface area contributed by atoms with Crippen LogP contribution in [0.15, 0.2) is 18.2 Å². The van der Waals surface area contributed by atoms with Crippen molar-refractivity contribution in [1.82, 2.24) is 4.90 Å². The molecule has 0 radical (unpaired) electrons. The number of carbonyl (C=O) groups is 1. The number of aliphatic hydroxyl groups excluding tert-OH is 1. The maximum atomic E-state index is 11.5. The van der Waals surface area contributed by atoms with Gasteiger partial charge in [-0.1, -0.05) is 6.07 Å². The van der Waals surface area contributed by atoms with Crippen molar-refractivity contribution in [3.8, 4) is 5.75 Å². The molecule has 2 N–H and O–H groups in total. The van der Waals surface area contributed by atoms with Gasteiger partial charge in [-0.25, -0.2) is 4.79 Å². The van der Waals surface area contributed by atoms with Crippen molar-refractivity contribution in [3.05, 3.63) is 23.8 Å². The SMILES string of the molecule is COc1ccc(CN(C)C)cc1NC(=O)OCCO. The summed E-state index contributed by atoms with van der Waals surface area (Å²) < 4.78 is 9.93. The van der Waals surface area contributed by atoms with Crippen molar-refractivity contribution in [1.29, 1.82) is 0 Å². The Morgan fingerprint density at radius 1 is 1.42 bits per heavy atom. The molecule has 6 heteroatoms. The van der Waals surface area contributed by atoms with Crippen molar-refractivity contribution >= 4 is 11.8 Å². The van der Waals surface area contributed by atoms with Gasteiger partial charge in [0.2, 0.25) is 0 Å². The van der Waals surface area contributed by atoms with E-state index in [0.717, 1.165) is 12.1 Å². The van der Waals surface area contributed by atoms with Gasteiger partial charge >= 0.3 is 6.09 Å². The van der Waals surface area contributed by atoms with Gasteiger partial charge in [0.05, 0.1) is 19.4 Å². The summed E-state index contributed by atoms with van der Waals surface area (Å²) in [6, 6.07) is 5.56. The van der Waals surface area contributed by atoms with Crippen LogP contribution in [0.5, 0.6) is 5.75 Å². The Kier molecular flexibility index (Phi) is 6.11. The Hall–Kier alpha value is -1.79. The average Bonchev–Trinajstić information content (AvgIpc) is 2.36. The van der Waals surface area contributed by atoms with E-state index in [1.54, 1.807) is 6.07 Å². The number of aliphatic hydroxyl groups is 1. The molecule has 0 atom stereocenters. The van der Waals surface area contributed by atoms with Crippen LogP contribution in [0.3, 0.4) is 0 Å². The first kappa shape index (κ1) is 15.3. The Morgan fingerprint density at radius 2 is 2.16 bits per heavy atom. The summed E-state index contributed by atoms with van der Waals surface area (Å²) in [4.78, 5) is 13.5. The third-order valence-corrected chi connectivity index (χ3v) is 2.32. The third-order valence-electron chi connectivity index (χ3n) is 2.32. The topological polar surface area (TPSA) is 71.0 Å². The molecule has 0 aliphatic rings. The van der Waals surface area contributed by atoms with E-state index in [9.17, 15) is 4.79 Å². The number of ether oxygens (including phenoxy) is 2. The van der Waals surface area contributed by atoms with Crippen LogP contribution in [-0.4, -0.2) is 50.5 Å². The number of hydrogen-bond donors (Lipinski definition) is 2. The third kappa shape index (κ3) is 5.15. The summed E-state index contributed by atoms with van der Waals surface area (Å²) in [6.45, 7) is 0.515. The van der Waals surface area contributed by atoms with E-state index in [-0.39, 0.29) is 13.2 Å². The van der Waals surface area contributed by atoms with Gasteiger partial charge in [0, 0.05) is 6.54 Å². The molecule has 0 aliphatic heterocycles. The molecule has 0 aliphatic carbocycles. The first-order valence-electron chi connectivity index (χ1n) is 5.93. The maximum Gasteiger partial charge on any atom is 0.411 e. The lowest BCUT2D eigenvalue weighted by atomic mass is 10.2. The van der Waals surface area contributed by atoms with Crippen molar-refractivity contribution in [2.24, 2.45) is 0 Å². The molecule has 0 saturated carbocycles. The molecular formula is C13H20N2O4. The van der Waals surface area contributed by atoms with E-state index in [2.05, 4.69) is 5.32 Å². The minimum atomic E-state index is -0.616. The zero-order chi connectivity index (χ0) is 14.3. The van der Waals surface area contributed by atoms with E-state index in [0.29, 0.717) is 11.4 Å². The number of rotatable bonds is 6. The molecule has 6 nitrogen and oxygen atoms in total. The Balaban J connectivity index is 2.80. The van der Waals surface area contributed by atoms with Gasteiger partial charge in [-0.3, -0.25) is 5.32 Å². The highest BCUT2D eigenvalue weighted by atomic mass is 16.6. The lowest BCUT2D eigenvalue weighted by Gasteiger charge is -2.14. The number of benzene rings is 1. The van der Waals surface area contributed by atoms with E-state index in [1.807, 2.05) is 31.1 Å². The standard InChI is InChI=1S/C13H20N2O4/c1-15(2)9-10-4-5-12(18-3)11(8-10)14-13(17)19-7-6-16/h4-5,8,16H,6-7,9H2,1-3H3,(H,14,17). The predicted molar refractivity (Wildman–Crippen MR) is 72.4 cm³/mol. The number of methoxy groups -OCH3 is 1. The second-order valence-electron chi connectivity index (χ2n) is 4.26. The normalized spacial score (nSPS) is 10.4. The molecule has 1 amide bonds. The lowest BCUT2D eigenvalue weighted by Crippen LogP contribution is -2.17. The highest BCUT2D eigenvalue weighted by Gasteiger charge is 2.09. The molecule has 0 spiro atoms. The molecule has 0 saturated heterocycles. The summed E-state index contributed by atoms with van der Waals surface area (Å²) in [5.74, 6) is 0.559. The fourth-order valence-electron chi connectivity index (χ4n) is 1.60. The second kappa shape index (κ2) is 7.60. The number of nitrogens with zero attached hydrogens (tertiary/aromatic N) is 1. The van der Waals surface area contributed by atoms with Crippen molar-refractivity contribution < 1.29 is 19.4 Å². The fraction of sp³-hybridized carbons (Fsp3) is 0.462. The van der Waals surface area contributed by atoms with E-state index < -0.39 is 6.09 Å². The lowest BCUT2D eigenvalue weighted by molar-refractivity contribution is 0.131. The van der Waals surface area contributed by atoms with Crippen LogP contribution in [-0.2, 0) is 11.3 Å². The van der Waals surface area contributed by atoms with Crippen molar-refractivity contribution in [2.45, 2.75) is 6.54 Å². The summed E-state index contributed by atoms with van der Waals surface area (Å²) in [7, 11) is 5.46. The van der Waals surface area contributed by atoms with Crippen LogP contribution >= 0.6 is 0 Å². The quantitative estimate of drug-likeness (QED) is 0.813. The minimum absolute atomic E-state index is 0.0362. The number of amides is 1. The smallest absolute Gasteiger partial charge is 0.411 e. The molecule has 0 heterocycles. The largest absolute Gasteiger partial charge is 0.495 e. The van der Waals surface area contributed by atoms with Crippen molar-refractivity contribution in [2.75, 3.05) is 39.7 Å². The number of hydrogen-bond acceptors (Lipinski definition) is 5. The highest BCUT2D eigenvalue weighted by Crippen LogP contribution is 2.26. The summed E-state index contributed by atoms with van der Waals surface area (Å²) in [5.41, 5.74) is 1.59. The molecular weight excluding hydrogens is 248 g/mol. The number of nitrogens with one attached hydrogen (secondary N) is 1. The summed E-state index contributed by atoms with van der Waals surface area (Å²) in [5, 5.41) is 11.2. The molecule has 1 aromatic carbocycles. The van der Waals surface area contributed by atoms with Gasteiger partial charge in [0.25, 0.3) is 0 Å². The molecule has 1 rings (SSSR count). The molecule has 0 aromatic heterocycles. The van der Waals surface area contributed by atoms with Crippen molar-refractivity contribution in [3.63, 3.8) is 0 Å². The first-order chi connectivity index (χ1) is 9.06. The molecule has 0 bridgehead atoms. The molecule has 1 aromatic rings. The Labute approximate surface area is 112 Å². The Bertz CT molecular complexity index is 421. The zero-order valence-electron chi connectivity index (χ0n) is 11.5. The predicted octanol–water partition coefficient (Wildman–Crippen LogP) is 1.30. The van der Waals surface area contributed by atoms with Gasteiger partial charge in [-0.15, -0.1) is 0 Å².